The van der Waals surface area contributed by atoms with Gasteiger partial charge in [0.1, 0.15) is 5.75 Å². The second-order valence-electron chi connectivity index (χ2n) is 4.83. The number of H-pyrrole nitrogens is 1. The molecular weight excluding hydrogens is 318 g/mol. The normalized spacial score (nSPS) is 11.5. The second kappa shape index (κ2) is 5.75. The van der Waals surface area contributed by atoms with Crippen LogP contribution in [-0.4, -0.2) is 24.4 Å². The molecule has 0 aliphatic rings. The number of hydrogen-bond acceptors (Lipinski definition) is 4. The molecule has 0 bridgehead atoms. The van der Waals surface area contributed by atoms with Gasteiger partial charge in [-0.25, -0.2) is 8.42 Å². The number of aromatic nitrogens is 1. The Kier molecular flexibility index (Phi) is 3.77. The number of hydrazine groups is 1. The first-order chi connectivity index (χ1) is 11.0. The first kappa shape index (κ1) is 15.1. The van der Waals surface area contributed by atoms with Gasteiger partial charge in [0.15, 0.2) is 5.03 Å². The number of aromatic amines is 1. The van der Waals surface area contributed by atoms with Gasteiger partial charge >= 0.3 is 0 Å². The lowest BCUT2D eigenvalue weighted by molar-refractivity contribution is 0.0945. The zero-order valence-electron chi connectivity index (χ0n) is 11.8. The minimum absolute atomic E-state index is 0.0141. The number of amides is 1. The third-order valence-electron chi connectivity index (χ3n) is 3.22. The quantitative estimate of drug-likeness (QED) is 0.543. The molecule has 0 saturated carbocycles. The zero-order chi connectivity index (χ0) is 16.4. The molecule has 4 N–H and O–H groups in total. The SMILES string of the molecule is O=C(NNS(=O)(=O)c1cc2ccccc2[nH]1)c1ccc(O)cc1. The van der Waals surface area contributed by atoms with Crippen LogP contribution in [0.15, 0.2) is 59.6 Å². The number of benzene rings is 2. The van der Waals surface area contributed by atoms with Gasteiger partial charge in [0.25, 0.3) is 15.9 Å². The summed E-state index contributed by atoms with van der Waals surface area (Å²) in [4.78, 5) is 16.7. The molecule has 0 atom stereocenters. The highest BCUT2D eigenvalue weighted by atomic mass is 32.2. The van der Waals surface area contributed by atoms with Gasteiger partial charge in [-0.1, -0.05) is 18.2 Å². The Labute approximate surface area is 132 Å². The van der Waals surface area contributed by atoms with Gasteiger partial charge in [0.2, 0.25) is 0 Å². The van der Waals surface area contributed by atoms with E-state index in [2.05, 4.69) is 10.4 Å². The number of fused-ring (bicyclic) bond motifs is 1. The van der Waals surface area contributed by atoms with Crippen LogP contribution in [0.4, 0.5) is 0 Å². The number of hydrogen-bond donors (Lipinski definition) is 4. The van der Waals surface area contributed by atoms with Gasteiger partial charge in [-0.2, -0.15) is 0 Å². The Bertz CT molecular complexity index is 929. The van der Waals surface area contributed by atoms with Crippen molar-refractivity contribution in [3.8, 4) is 5.75 Å². The highest BCUT2D eigenvalue weighted by Gasteiger charge is 2.18. The summed E-state index contributed by atoms with van der Waals surface area (Å²) in [6, 6.07) is 14.0. The molecule has 0 aliphatic heterocycles. The highest BCUT2D eigenvalue weighted by molar-refractivity contribution is 7.89. The lowest BCUT2D eigenvalue weighted by Gasteiger charge is -2.07. The molecule has 2 aromatic carbocycles. The van der Waals surface area contributed by atoms with E-state index in [1.54, 1.807) is 24.3 Å². The van der Waals surface area contributed by atoms with Crippen LogP contribution in [0, 0.1) is 0 Å². The predicted octanol–water partition coefficient (Wildman–Crippen LogP) is 1.50. The topological polar surface area (TPSA) is 111 Å². The van der Waals surface area contributed by atoms with Crippen molar-refractivity contribution in [2.24, 2.45) is 0 Å². The summed E-state index contributed by atoms with van der Waals surface area (Å²) in [6.07, 6.45) is 0. The van der Waals surface area contributed by atoms with E-state index in [4.69, 9.17) is 5.11 Å². The van der Waals surface area contributed by atoms with Crippen molar-refractivity contribution >= 4 is 26.8 Å². The van der Waals surface area contributed by atoms with E-state index in [1.165, 1.54) is 30.3 Å². The number of phenols is 1. The van der Waals surface area contributed by atoms with E-state index < -0.39 is 15.9 Å². The van der Waals surface area contributed by atoms with E-state index in [-0.39, 0.29) is 16.3 Å². The molecule has 1 amide bonds. The van der Waals surface area contributed by atoms with Crippen LogP contribution in [-0.2, 0) is 10.0 Å². The second-order valence-corrected chi connectivity index (χ2v) is 6.48. The maximum Gasteiger partial charge on any atom is 0.272 e. The fourth-order valence-corrected chi connectivity index (χ4v) is 2.91. The van der Waals surface area contributed by atoms with E-state index in [0.717, 1.165) is 5.39 Å². The van der Waals surface area contributed by atoms with Crippen molar-refractivity contribution in [3.05, 3.63) is 60.2 Å². The van der Waals surface area contributed by atoms with Crippen molar-refractivity contribution in [2.45, 2.75) is 5.03 Å². The molecule has 3 aromatic rings. The number of para-hydroxylation sites is 1. The molecule has 1 heterocycles. The van der Waals surface area contributed by atoms with Crippen molar-refractivity contribution < 1.29 is 18.3 Å². The van der Waals surface area contributed by atoms with Crippen LogP contribution in [0.5, 0.6) is 5.75 Å². The summed E-state index contributed by atoms with van der Waals surface area (Å²) in [7, 11) is -3.92. The summed E-state index contributed by atoms with van der Waals surface area (Å²) in [5.41, 5.74) is 3.01. The third kappa shape index (κ3) is 3.17. The fraction of sp³-hybridized carbons (Fsp3) is 0. The molecule has 0 radical (unpaired) electrons. The first-order valence-corrected chi connectivity index (χ1v) is 8.13. The summed E-state index contributed by atoms with van der Waals surface area (Å²) >= 11 is 0. The first-order valence-electron chi connectivity index (χ1n) is 6.65. The smallest absolute Gasteiger partial charge is 0.272 e. The van der Waals surface area contributed by atoms with Gasteiger partial charge in [0, 0.05) is 16.5 Å². The van der Waals surface area contributed by atoms with Gasteiger partial charge in [-0.05, 0) is 36.4 Å². The zero-order valence-corrected chi connectivity index (χ0v) is 12.6. The molecule has 0 spiro atoms. The number of rotatable bonds is 4. The summed E-state index contributed by atoms with van der Waals surface area (Å²) in [5.74, 6) is -0.620. The Balaban J connectivity index is 1.76. The van der Waals surface area contributed by atoms with Gasteiger partial charge in [0.05, 0.1) is 0 Å². The number of carbonyl (C=O) groups excluding carboxylic acids is 1. The third-order valence-corrected chi connectivity index (χ3v) is 4.39. The molecule has 118 valence electrons. The summed E-state index contributed by atoms with van der Waals surface area (Å²) < 4.78 is 24.4. The molecule has 0 fully saturated rings. The average molecular weight is 331 g/mol. The standard InChI is InChI=1S/C15H13N3O4S/c19-12-7-5-10(6-8-12)15(20)17-18-23(21,22)14-9-11-3-1-2-4-13(11)16-14/h1-9,16,18-19H,(H,17,20). The molecule has 1 aromatic heterocycles. The molecule has 0 aliphatic carbocycles. The van der Waals surface area contributed by atoms with Crippen LogP contribution in [0.25, 0.3) is 10.9 Å². The fourth-order valence-electron chi connectivity index (χ4n) is 2.04. The Morgan fingerprint density at radius 2 is 1.74 bits per heavy atom. The van der Waals surface area contributed by atoms with Gasteiger partial charge in [-0.15, -0.1) is 4.83 Å². The largest absolute Gasteiger partial charge is 0.508 e. The molecule has 8 heteroatoms. The Morgan fingerprint density at radius 3 is 2.43 bits per heavy atom. The number of phenolic OH excluding ortho intramolecular Hbond substituents is 1. The molecule has 3 rings (SSSR count). The van der Waals surface area contributed by atoms with Crippen molar-refractivity contribution in [1.29, 1.82) is 0 Å². The van der Waals surface area contributed by atoms with E-state index in [0.29, 0.717) is 5.52 Å². The minimum Gasteiger partial charge on any atom is -0.508 e. The van der Waals surface area contributed by atoms with E-state index in [9.17, 15) is 13.2 Å². The molecule has 7 nitrogen and oxygen atoms in total. The molecule has 0 saturated heterocycles. The predicted molar refractivity (Wildman–Crippen MR) is 84.2 cm³/mol. The maximum atomic E-state index is 12.2. The molecule has 0 unspecified atom stereocenters. The van der Waals surface area contributed by atoms with Crippen LogP contribution < -0.4 is 10.3 Å². The van der Waals surface area contributed by atoms with Gasteiger partial charge < -0.3 is 10.1 Å². The van der Waals surface area contributed by atoms with Crippen LogP contribution in [0.1, 0.15) is 10.4 Å². The van der Waals surface area contributed by atoms with E-state index in [1.807, 2.05) is 4.83 Å². The lowest BCUT2D eigenvalue weighted by atomic mass is 10.2. The molecule has 23 heavy (non-hydrogen) atoms. The Hall–Kier alpha value is -2.84. The summed E-state index contributed by atoms with van der Waals surface area (Å²) in [6.45, 7) is 0. The van der Waals surface area contributed by atoms with Crippen LogP contribution >= 0.6 is 0 Å². The minimum atomic E-state index is -3.92. The van der Waals surface area contributed by atoms with E-state index >= 15 is 0 Å². The van der Waals surface area contributed by atoms with Crippen molar-refractivity contribution in [1.82, 2.24) is 15.2 Å². The lowest BCUT2D eigenvalue weighted by Crippen LogP contribution is -2.41. The monoisotopic (exact) mass is 331 g/mol. The summed E-state index contributed by atoms with van der Waals surface area (Å²) in [5, 5.41) is 9.86. The maximum absolute atomic E-state index is 12.2. The van der Waals surface area contributed by atoms with Gasteiger partial charge in [-0.3, -0.25) is 10.2 Å². The number of sulfonamides is 1. The number of nitrogens with one attached hydrogen (secondary N) is 3. The number of carbonyl (C=O) groups is 1. The van der Waals surface area contributed by atoms with Crippen molar-refractivity contribution in [2.75, 3.05) is 0 Å². The molecular formula is C15H13N3O4S. The van der Waals surface area contributed by atoms with Crippen molar-refractivity contribution in [3.63, 3.8) is 0 Å². The highest BCUT2D eigenvalue weighted by Crippen LogP contribution is 2.17. The van der Waals surface area contributed by atoms with Crippen LogP contribution in [0.2, 0.25) is 0 Å². The number of aromatic hydroxyl groups is 1. The average Bonchev–Trinajstić information content (AvgIpc) is 2.98. The Morgan fingerprint density at radius 1 is 1.04 bits per heavy atom. The van der Waals surface area contributed by atoms with Crippen LogP contribution in [0.3, 0.4) is 0 Å².